The minimum atomic E-state index is -0.674. The Morgan fingerprint density at radius 3 is 2.52 bits per heavy atom. The van der Waals surface area contributed by atoms with Gasteiger partial charge in [-0.05, 0) is 37.1 Å². The van der Waals surface area contributed by atoms with Crippen LogP contribution in [-0.4, -0.2) is 35.5 Å². The van der Waals surface area contributed by atoms with E-state index in [4.69, 9.17) is 4.74 Å². The molecule has 1 aliphatic carbocycles. The van der Waals surface area contributed by atoms with Crippen molar-refractivity contribution >= 4 is 11.9 Å². The van der Waals surface area contributed by atoms with Crippen molar-refractivity contribution in [2.75, 3.05) is 13.2 Å². The van der Waals surface area contributed by atoms with Gasteiger partial charge in [0.1, 0.15) is 23.7 Å². The molecular weight excluding hydrogens is 275 g/mol. The summed E-state index contributed by atoms with van der Waals surface area (Å²) in [6.45, 7) is 0.394. The van der Waals surface area contributed by atoms with E-state index in [2.05, 4.69) is 5.32 Å². The van der Waals surface area contributed by atoms with Crippen LogP contribution in [0.1, 0.15) is 25.7 Å². The van der Waals surface area contributed by atoms with Gasteiger partial charge >= 0.3 is 6.03 Å². The van der Waals surface area contributed by atoms with E-state index in [1.165, 1.54) is 29.2 Å². The molecule has 0 unspecified atom stereocenters. The lowest BCUT2D eigenvalue weighted by Gasteiger charge is -2.20. The minimum Gasteiger partial charge on any atom is -0.492 e. The second-order valence-corrected chi connectivity index (χ2v) is 5.48. The SMILES string of the molecule is O=C1NC2(CCCC2)C(=O)N1CCOc1ccc(F)cc1. The third kappa shape index (κ3) is 2.57. The number of urea groups is 1. The van der Waals surface area contributed by atoms with Gasteiger partial charge in [0, 0.05) is 0 Å². The van der Waals surface area contributed by atoms with Crippen LogP contribution >= 0.6 is 0 Å². The number of nitrogens with zero attached hydrogens (tertiary/aromatic N) is 1. The van der Waals surface area contributed by atoms with Gasteiger partial charge in [0.2, 0.25) is 0 Å². The average Bonchev–Trinajstić information content (AvgIpc) is 3.02. The highest BCUT2D eigenvalue weighted by Crippen LogP contribution is 2.34. The quantitative estimate of drug-likeness (QED) is 0.864. The van der Waals surface area contributed by atoms with E-state index >= 15 is 0 Å². The van der Waals surface area contributed by atoms with E-state index < -0.39 is 5.54 Å². The van der Waals surface area contributed by atoms with Crippen LogP contribution in [0.3, 0.4) is 0 Å². The molecule has 0 bridgehead atoms. The number of amides is 3. The van der Waals surface area contributed by atoms with Gasteiger partial charge in [0.25, 0.3) is 5.91 Å². The standard InChI is InChI=1S/C15H17FN2O3/c16-11-3-5-12(6-4-11)21-10-9-18-13(19)15(17-14(18)20)7-1-2-8-15/h3-6H,1-2,7-10H2,(H,17,20). The summed E-state index contributed by atoms with van der Waals surface area (Å²) in [7, 11) is 0. The molecule has 3 amide bonds. The Hall–Kier alpha value is -2.11. The number of nitrogens with one attached hydrogen (secondary N) is 1. The predicted octanol–water partition coefficient (Wildman–Crippen LogP) is 2.07. The van der Waals surface area contributed by atoms with Crippen molar-refractivity contribution in [1.82, 2.24) is 10.2 Å². The molecule has 5 nitrogen and oxygen atoms in total. The van der Waals surface area contributed by atoms with E-state index in [0.717, 1.165) is 12.8 Å². The highest BCUT2D eigenvalue weighted by atomic mass is 19.1. The summed E-state index contributed by atoms with van der Waals surface area (Å²) in [5, 5.41) is 2.82. The lowest BCUT2D eigenvalue weighted by molar-refractivity contribution is -0.131. The molecule has 0 aromatic heterocycles. The number of ether oxygens (including phenoxy) is 1. The maximum Gasteiger partial charge on any atom is 0.325 e. The number of hydrogen-bond acceptors (Lipinski definition) is 3. The second kappa shape index (κ2) is 5.35. The largest absolute Gasteiger partial charge is 0.492 e. The fourth-order valence-corrected chi connectivity index (χ4v) is 2.98. The Kier molecular flexibility index (Phi) is 3.53. The van der Waals surface area contributed by atoms with Gasteiger partial charge in [-0.2, -0.15) is 0 Å². The monoisotopic (exact) mass is 292 g/mol. The number of imide groups is 1. The molecule has 1 N–H and O–H groups in total. The maximum atomic E-state index is 12.8. The van der Waals surface area contributed by atoms with Crippen molar-refractivity contribution in [1.29, 1.82) is 0 Å². The first-order valence-electron chi connectivity index (χ1n) is 7.13. The minimum absolute atomic E-state index is 0.146. The maximum absolute atomic E-state index is 12.8. The van der Waals surface area contributed by atoms with Crippen LogP contribution in [0.15, 0.2) is 24.3 Å². The predicted molar refractivity (Wildman–Crippen MR) is 73.3 cm³/mol. The highest BCUT2D eigenvalue weighted by Gasteiger charge is 2.52. The molecule has 0 atom stereocenters. The summed E-state index contributed by atoms with van der Waals surface area (Å²) in [6, 6.07) is 5.29. The zero-order valence-electron chi connectivity index (χ0n) is 11.6. The molecule has 2 aliphatic rings. The number of halogens is 1. The number of hydrogen-bond donors (Lipinski definition) is 1. The van der Waals surface area contributed by atoms with E-state index in [0.29, 0.717) is 18.6 Å². The molecule has 21 heavy (non-hydrogen) atoms. The molecule has 1 saturated heterocycles. The summed E-state index contributed by atoms with van der Waals surface area (Å²) >= 11 is 0. The zero-order chi connectivity index (χ0) is 14.9. The Bertz CT molecular complexity index is 553. The van der Waals surface area contributed by atoms with E-state index in [1.807, 2.05) is 0 Å². The lowest BCUT2D eigenvalue weighted by Crippen LogP contribution is -2.44. The Labute approximate surface area is 122 Å². The molecule has 0 radical (unpaired) electrons. The fourth-order valence-electron chi connectivity index (χ4n) is 2.98. The molecule has 1 spiro atoms. The van der Waals surface area contributed by atoms with Crippen molar-refractivity contribution in [2.24, 2.45) is 0 Å². The van der Waals surface area contributed by atoms with Gasteiger partial charge in [0.05, 0.1) is 6.54 Å². The molecule has 1 heterocycles. The van der Waals surface area contributed by atoms with Gasteiger partial charge < -0.3 is 10.1 Å². The van der Waals surface area contributed by atoms with Crippen LogP contribution < -0.4 is 10.1 Å². The van der Waals surface area contributed by atoms with Crippen molar-refractivity contribution in [3.8, 4) is 5.75 Å². The van der Waals surface area contributed by atoms with E-state index in [1.54, 1.807) is 0 Å². The van der Waals surface area contributed by atoms with E-state index in [-0.39, 0.29) is 30.9 Å². The molecule has 1 aliphatic heterocycles. The molecule has 1 saturated carbocycles. The van der Waals surface area contributed by atoms with Gasteiger partial charge in [-0.25, -0.2) is 9.18 Å². The number of rotatable bonds is 4. The first-order valence-corrected chi connectivity index (χ1v) is 7.13. The van der Waals surface area contributed by atoms with Crippen LogP contribution in [0.2, 0.25) is 0 Å². The third-order valence-electron chi connectivity index (χ3n) is 4.10. The Balaban J connectivity index is 1.56. The van der Waals surface area contributed by atoms with Crippen molar-refractivity contribution in [3.05, 3.63) is 30.1 Å². The first kappa shape index (κ1) is 13.9. The summed E-state index contributed by atoms with van der Waals surface area (Å²) in [6.07, 6.45) is 3.36. The second-order valence-electron chi connectivity index (χ2n) is 5.48. The number of benzene rings is 1. The van der Waals surface area contributed by atoms with E-state index in [9.17, 15) is 14.0 Å². The summed E-state index contributed by atoms with van der Waals surface area (Å²) in [5.41, 5.74) is -0.674. The molecular formula is C15H17FN2O3. The lowest BCUT2D eigenvalue weighted by atomic mass is 9.98. The van der Waals surface area contributed by atoms with Crippen molar-refractivity contribution in [3.63, 3.8) is 0 Å². The fraction of sp³-hybridized carbons (Fsp3) is 0.467. The third-order valence-corrected chi connectivity index (χ3v) is 4.10. The average molecular weight is 292 g/mol. The van der Waals surface area contributed by atoms with Crippen LogP contribution in [0, 0.1) is 5.82 Å². The Morgan fingerprint density at radius 2 is 1.86 bits per heavy atom. The van der Waals surface area contributed by atoms with Crippen molar-refractivity contribution in [2.45, 2.75) is 31.2 Å². The van der Waals surface area contributed by atoms with Gasteiger partial charge in [-0.15, -0.1) is 0 Å². The Morgan fingerprint density at radius 1 is 1.19 bits per heavy atom. The molecule has 6 heteroatoms. The highest BCUT2D eigenvalue weighted by molar-refractivity contribution is 6.07. The number of carbonyl (C=O) groups is 2. The summed E-state index contributed by atoms with van der Waals surface area (Å²) in [4.78, 5) is 25.5. The first-order chi connectivity index (χ1) is 10.1. The van der Waals surface area contributed by atoms with Gasteiger partial charge in [-0.3, -0.25) is 9.69 Å². The van der Waals surface area contributed by atoms with Gasteiger partial charge in [-0.1, -0.05) is 12.8 Å². The normalized spacial score (nSPS) is 20.1. The van der Waals surface area contributed by atoms with Crippen molar-refractivity contribution < 1.29 is 18.7 Å². The summed E-state index contributed by atoms with van der Waals surface area (Å²) in [5.74, 6) is 0.0337. The van der Waals surface area contributed by atoms with Crippen LogP contribution in [0.4, 0.5) is 9.18 Å². The smallest absolute Gasteiger partial charge is 0.325 e. The van der Waals surface area contributed by atoms with Crippen LogP contribution in [0.25, 0.3) is 0 Å². The zero-order valence-corrected chi connectivity index (χ0v) is 11.6. The molecule has 112 valence electrons. The number of carbonyl (C=O) groups excluding carboxylic acids is 2. The summed E-state index contributed by atoms with van der Waals surface area (Å²) < 4.78 is 18.2. The molecule has 1 aromatic carbocycles. The van der Waals surface area contributed by atoms with Crippen LogP contribution in [0.5, 0.6) is 5.75 Å². The molecule has 3 rings (SSSR count). The van der Waals surface area contributed by atoms with Gasteiger partial charge in [0.15, 0.2) is 0 Å². The topological polar surface area (TPSA) is 58.6 Å². The van der Waals surface area contributed by atoms with Crippen LogP contribution in [-0.2, 0) is 4.79 Å². The molecule has 1 aromatic rings. The molecule has 2 fully saturated rings.